The van der Waals surface area contributed by atoms with Gasteiger partial charge >= 0.3 is 7.12 Å². The molecule has 0 bridgehead atoms. The average molecular weight is 232 g/mol. The summed E-state index contributed by atoms with van der Waals surface area (Å²) in [5.74, 6) is 0.685. The molecule has 0 aliphatic heterocycles. The fraction of sp³-hybridized carbons (Fsp3) is 0.182. The van der Waals surface area contributed by atoms with E-state index in [1.54, 1.807) is 37.8 Å². The van der Waals surface area contributed by atoms with Gasteiger partial charge in [-0.15, -0.1) is 0 Å². The lowest BCUT2D eigenvalue weighted by atomic mass is 9.77. The summed E-state index contributed by atoms with van der Waals surface area (Å²) < 4.78 is 6.97. The molecule has 1 heterocycles. The molecule has 88 valence electrons. The summed E-state index contributed by atoms with van der Waals surface area (Å²) in [5, 5.41) is 18.6. The van der Waals surface area contributed by atoms with Gasteiger partial charge in [0.1, 0.15) is 5.75 Å². The van der Waals surface area contributed by atoms with Crippen LogP contribution in [0.2, 0.25) is 0 Å². The van der Waals surface area contributed by atoms with E-state index in [4.69, 9.17) is 4.74 Å². The minimum atomic E-state index is -1.49. The molecular formula is C11H13BN2O3. The van der Waals surface area contributed by atoms with E-state index in [0.29, 0.717) is 17.8 Å². The molecule has 0 spiro atoms. The van der Waals surface area contributed by atoms with Gasteiger partial charge < -0.3 is 19.4 Å². The van der Waals surface area contributed by atoms with Crippen molar-refractivity contribution in [3.63, 3.8) is 0 Å². The number of aromatic nitrogens is 2. The molecule has 0 aliphatic rings. The summed E-state index contributed by atoms with van der Waals surface area (Å²) >= 11 is 0. The smallest absolute Gasteiger partial charge is 0.488 e. The lowest BCUT2D eigenvalue weighted by Gasteiger charge is -2.11. The number of methoxy groups -OCH3 is 1. The van der Waals surface area contributed by atoms with E-state index in [9.17, 15) is 10.0 Å². The molecule has 2 aromatic rings. The van der Waals surface area contributed by atoms with Crippen LogP contribution in [-0.4, -0.2) is 33.8 Å². The van der Waals surface area contributed by atoms with E-state index in [1.807, 2.05) is 10.8 Å². The topological polar surface area (TPSA) is 67.5 Å². The highest BCUT2D eigenvalue weighted by Crippen LogP contribution is 2.12. The molecule has 0 atom stereocenters. The number of benzene rings is 1. The SMILES string of the molecule is COc1ccc(B(O)O)c(Cn2ccnc2)c1. The summed E-state index contributed by atoms with van der Waals surface area (Å²) in [7, 11) is 0.0881. The van der Waals surface area contributed by atoms with E-state index in [0.717, 1.165) is 5.56 Å². The maximum absolute atomic E-state index is 9.29. The molecular weight excluding hydrogens is 219 g/mol. The number of nitrogens with zero attached hydrogens (tertiary/aromatic N) is 2. The Balaban J connectivity index is 2.34. The standard InChI is InChI=1S/C11H13BN2O3/c1-17-10-2-3-11(12(15)16)9(6-10)7-14-5-4-13-8-14/h2-6,8,15-16H,7H2,1H3. The minimum Gasteiger partial charge on any atom is -0.497 e. The second-order valence-corrected chi connectivity index (χ2v) is 3.67. The minimum absolute atomic E-state index is 0.472. The zero-order valence-corrected chi connectivity index (χ0v) is 9.45. The lowest BCUT2D eigenvalue weighted by molar-refractivity contribution is 0.413. The second kappa shape index (κ2) is 5.03. The Labute approximate surface area is 99.5 Å². The highest BCUT2D eigenvalue weighted by atomic mass is 16.5. The Morgan fingerprint density at radius 2 is 2.24 bits per heavy atom. The predicted molar refractivity (Wildman–Crippen MR) is 64.1 cm³/mol. The molecule has 0 aliphatic carbocycles. The number of imidazole rings is 1. The van der Waals surface area contributed by atoms with Crippen LogP contribution in [0.1, 0.15) is 5.56 Å². The first-order valence-electron chi connectivity index (χ1n) is 5.19. The van der Waals surface area contributed by atoms with E-state index >= 15 is 0 Å². The maximum atomic E-state index is 9.29. The number of hydrogen-bond acceptors (Lipinski definition) is 4. The van der Waals surface area contributed by atoms with Gasteiger partial charge in [-0.2, -0.15) is 0 Å². The quantitative estimate of drug-likeness (QED) is 0.705. The van der Waals surface area contributed by atoms with Crippen molar-refractivity contribution in [1.29, 1.82) is 0 Å². The van der Waals surface area contributed by atoms with Crippen LogP contribution in [-0.2, 0) is 6.54 Å². The summed E-state index contributed by atoms with van der Waals surface area (Å²) in [6, 6.07) is 5.14. The monoisotopic (exact) mass is 232 g/mol. The molecule has 0 saturated heterocycles. The molecule has 0 fully saturated rings. The van der Waals surface area contributed by atoms with E-state index < -0.39 is 7.12 Å². The summed E-state index contributed by atoms with van der Waals surface area (Å²) in [4.78, 5) is 3.94. The Bertz CT molecular complexity index is 485. The van der Waals surface area contributed by atoms with Crippen molar-refractivity contribution in [2.24, 2.45) is 0 Å². The molecule has 5 nitrogen and oxygen atoms in total. The van der Waals surface area contributed by atoms with Crippen LogP contribution in [0.3, 0.4) is 0 Å². The zero-order valence-electron chi connectivity index (χ0n) is 9.45. The van der Waals surface area contributed by atoms with Crippen molar-refractivity contribution in [3.8, 4) is 5.75 Å². The third kappa shape index (κ3) is 2.66. The Hall–Kier alpha value is -1.79. The van der Waals surface area contributed by atoms with Crippen LogP contribution in [0.15, 0.2) is 36.9 Å². The molecule has 1 aromatic heterocycles. The van der Waals surface area contributed by atoms with Gasteiger partial charge in [0.15, 0.2) is 0 Å². The van der Waals surface area contributed by atoms with Gasteiger partial charge in [0, 0.05) is 18.9 Å². The number of hydrogen-bond donors (Lipinski definition) is 2. The first kappa shape index (κ1) is 11.7. The summed E-state index contributed by atoms with van der Waals surface area (Å²) in [5.41, 5.74) is 1.26. The van der Waals surface area contributed by atoms with Crippen molar-refractivity contribution >= 4 is 12.6 Å². The normalized spacial score (nSPS) is 10.3. The van der Waals surface area contributed by atoms with Gasteiger partial charge in [-0.1, -0.05) is 6.07 Å². The van der Waals surface area contributed by atoms with E-state index in [2.05, 4.69) is 4.98 Å². The molecule has 2 rings (SSSR count). The summed E-state index contributed by atoms with van der Waals surface area (Å²) in [6.07, 6.45) is 5.16. The van der Waals surface area contributed by atoms with E-state index in [1.165, 1.54) is 0 Å². The van der Waals surface area contributed by atoms with Gasteiger partial charge in [-0.3, -0.25) is 0 Å². The van der Waals surface area contributed by atoms with Gasteiger partial charge in [0.05, 0.1) is 13.4 Å². The largest absolute Gasteiger partial charge is 0.497 e. The molecule has 0 radical (unpaired) electrons. The van der Waals surface area contributed by atoms with E-state index in [-0.39, 0.29) is 0 Å². The van der Waals surface area contributed by atoms with Crippen molar-refractivity contribution in [2.75, 3.05) is 7.11 Å². The molecule has 0 unspecified atom stereocenters. The predicted octanol–water partition coefficient (Wildman–Crippen LogP) is -0.380. The van der Waals surface area contributed by atoms with Crippen LogP contribution in [0.25, 0.3) is 0 Å². The van der Waals surface area contributed by atoms with Crippen LogP contribution in [0.5, 0.6) is 5.75 Å². The first-order chi connectivity index (χ1) is 8.20. The molecule has 0 saturated carbocycles. The highest BCUT2D eigenvalue weighted by Gasteiger charge is 2.16. The van der Waals surface area contributed by atoms with Crippen molar-refractivity contribution in [1.82, 2.24) is 9.55 Å². The Morgan fingerprint density at radius 1 is 1.41 bits per heavy atom. The van der Waals surface area contributed by atoms with Crippen LogP contribution < -0.4 is 10.2 Å². The number of rotatable bonds is 4. The van der Waals surface area contributed by atoms with Gasteiger partial charge in [-0.05, 0) is 23.2 Å². The molecule has 6 heteroatoms. The second-order valence-electron chi connectivity index (χ2n) is 3.67. The average Bonchev–Trinajstić information content (AvgIpc) is 2.81. The third-order valence-corrected chi connectivity index (χ3v) is 2.54. The fourth-order valence-electron chi connectivity index (χ4n) is 1.67. The number of ether oxygens (including phenoxy) is 1. The molecule has 2 N–H and O–H groups in total. The lowest BCUT2D eigenvalue weighted by Crippen LogP contribution is -2.33. The van der Waals surface area contributed by atoms with Gasteiger partial charge in [0.2, 0.25) is 0 Å². The summed E-state index contributed by atoms with van der Waals surface area (Å²) in [6.45, 7) is 0.518. The molecule has 1 aromatic carbocycles. The molecule has 0 amide bonds. The maximum Gasteiger partial charge on any atom is 0.488 e. The zero-order chi connectivity index (χ0) is 12.3. The first-order valence-corrected chi connectivity index (χ1v) is 5.19. The van der Waals surface area contributed by atoms with Crippen LogP contribution in [0, 0.1) is 0 Å². The molecule has 17 heavy (non-hydrogen) atoms. The van der Waals surface area contributed by atoms with Gasteiger partial charge in [0.25, 0.3) is 0 Å². The Kier molecular flexibility index (Phi) is 3.46. The van der Waals surface area contributed by atoms with Crippen LogP contribution in [0.4, 0.5) is 0 Å². The Morgan fingerprint density at radius 3 is 2.82 bits per heavy atom. The van der Waals surface area contributed by atoms with Crippen molar-refractivity contribution in [2.45, 2.75) is 6.54 Å². The van der Waals surface area contributed by atoms with Crippen molar-refractivity contribution < 1.29 is 14.8 Å². The van der Waals surface area contributed by atoms with Gasteiger partial charge in [-0.25, -0.2) is 4.98 Å². The third-order valence-electron chi connectivity index (χ3n) is 2.54. The van der Waals surface area contributed by atoms with Crippen molar-refractivity contribution in [3.05, 3.63) is 42.5 Å². The highest BCUT2D eigenvalue weighted by molar-refractivity contribution is 6.59. The van der Waals surface area contributed by atoms with Crippen LogP contribution >= 0.6 is 0 Å². The fourth-order valence-corrected chi connectivity index (χ4v) is 1.67.